The third-order valence-corrected chi connectivity index (χ3v) is 3.99. The van der Waals surface area contributed by atoms with Gasteiger partial charge in [-0.25, -0.2) is 4.98 Å². The molecule has 22 heavy (non-hydrogen) atoms. The highest BCUT2D eigenvalue weighted by molar-refractivity contribution is 5.82. The van der Waals surface area contributed by atoms with Gasteiger partial charge in [-0.2, -0.15) is 5.10 Å². The Morgan fingerprint density at radius 2 is 2.23 bits per heavy atom. The fourth-order valence-electron chi connectivity index (χ4n) is 2.41. The highest BCUT2D eigenvalue weighted by atomic mass is 16.5. The summed E-state index contributed by atoms with van der Waals surface area (Å²) in [5.74, 6) is 1.18. The van der Waals surface area contributed by atoms with E-state index in [4.69, 9.17) is 4.74 Å². The van der Waals surface area contributed by atoms with Crippen molar-refractivity contribution in [1.29, 1.82) is 0 Å². The summed E-state index contributed by atoms with van der Waals surface area (Å²) in [5.41, 5.74) is 0.343. The molecule has 3 rings (SSSR count). The van der Waals surface area contributed by atoms with Crippen LogP contribution in [0, 0.1) is 5.41 Å². The van der Waals surface area contributed by atoms with Crippen LogP contribution in [-0.4, -0.2) is 39.3 Å². The van der Waals surface area contributed by atoms with E-state index in [0.717, 1.165) is 12.8 Å². The van der Waals surface area contributed by atoms with Gasteiger partial charge in [0.1, 0.15) is 11.5 Å². The number of H-pyrrole nitrogens is 1. The molecule has 1 aliphatic rings. The minimum Gasteiger partial charge on any atom is -0.381 e. The van der Waals surface area contributed by atoms with E-state index < -0.39 is 0 Å². The first-order chi connectivity index (χ1) is 10.7. The first-order valence-corrected chi connectivity index (χ1v) is 7.36. The van der Waals surface area contributed by atoms with Crippen molar-refractivity contribution in [3.8, 4) is 11.5 Å². The van der Waals surface area contributed by atoms with Gasteiger partial charge in [0.25, 0.3) is 0 Å². The standard InChI is InChI=1S/C15H19N5O2/c1-15(5-8-22-9-6-15)14(21)17-10-12-18-13(20-19-12)11-4-2-3-7-16-11/h2-4,7H,5-6,8-10H2,1H3,(H,17,21)(H,18,19,20). The monoisotopic (exact) mass is 301 g/mol. The Morgan fingerprint density at radius 3 is 2.95 bits per heavy atom. The molecule has 0 bridgehead atoms. The van der Waals surface area contributed by atoms with Gasteiger partial charge in [0.2, 0.25) is 5.91 Å². The molecule has 0 aliphatic carbocycles. The number of rotatable bonds is 4. The number of pyridine rings is 1. The Kier molecular flexibility index (Phi) is 4.15. The van der Waals surface area contributed by atoms with Crippen LogP contribution in [0.4, 0.5) is 0 Å². The van der Waals surface area contributed by atoms with Crippen LogP contribution in [-0.2, 0) is 16.1 Å². The Bertz CT molecular complexity index is 634. The summed E-state index contributed by atoms with van der Waals surface area (Å²) in [6.07, 6.45) is 3.18. The maximum Gasteiger partial charge on any atom is 0.226 e. The maximum atomic E-state index is 12.3. The maximum absolute atomic E-state index is 12.3. The average Bonchev–Trinajstić information content (AvgIpc) is 3.03. The van der Waals surface area contributed by atoms with Crippen LogP contribution in [0.1, 0.15) is 25.6 Å². The lowest BCUT2D eigenvalue weighted by atomic mass is 9.81. The molecule has 1 saturated heterocycles. The highest BCUT2D eigenvalue weighted by Gasteiger charge is 2.34. The number of nitrogens with zero attached hydrogens (tertiary/aromatic N) is 3. The second-order valence-corrected chi connectivity index (χ2v) is 5.68. The molecule has 3 heterocycles. The van der Waals surface area contributed by atoms with Gasteiger partial charge in [-0.05, 0) is 25.0 Å². The fraction of sp³-hybridized carbons (Fsp3) is 0.467. The van der Waals surface area contributed by atoms with Gasteiger partial charge in [-0.1, -0.05) is 13.0 Å². The quantitative estimate of drug-likeness (QED) is 0.888. The SMILES string of the molecule is CC1(C(=O)NCc2nc(-c3ccccn3)n[nH]2)CCOCC1. The van der Waals surface area contributed by atoms with E-state index in [1.807, 2.05) is 25.1 Å². The minimum absolute atomic E-state index is 0.0339. The van der Waals surface area contributed by atoms with Gasteiger partial charge in [0.05, 0.1) is 12.0 Å². The van der Waals surface area contributed by atoms with E-state index >= 15 is 0 Å². The van der Waals surface area contributed by atoms with Crippen LogP contribution >= 0.6 is 0 Å². The topological polar surface area (TPSA) is 92.8 Å². The lowest BCUT2D eigenvalue weighted by Crippen LogP contribution is -2.42. The third kappa shape index (κ3) is 3.14. The fourth-order valence-corrected chi connectivity index (χ4v) is 2.41. The molecular weight excluding hydrogens is 282 g/mol. The molecule has 1 amide bonds. The molecule has 2 aromatic heterocycles. The number of hydrogen-bond acceptors (Lipinski definition) is 5. The van der Waals surface area contributed by atoms with Gasteiger partial charge in [0.15, 0.2) is 5.82 Å². The van der Waals surface area contributed by atoms with Crippen LogP contribution in [0.3, 0.4) is 0 Å². The number of hydrogen-bond donors (Lipinski definition) is 2. The van der Waals surface area contributed by atoms with Crippen molar-refractivity contribution in [1.82, 2.24) is 25.5 Å². The Balaban J connectivity index is 1.60. The number of carbonyl (C=O) groups is 1. The highest BCUT2D eigenvalue weighted by Crippen LogP contribution is 2.29. The molecule has 0 unspecified atom stereocenters. The van der Waals surface area contributed by atoms with Crippen molar-refractivity contribution in [3.63, 3.8) is 0 Å². The molecule has 2 aromatic rings. The molecule has 116 valence electrons. The molecular formula is C15H19N5O2. The normalized spacial score (nSPS) is 17.1. The van der Waals surface area contributed by atoms with Crippen molar-refractivity contribution < 1.29 is 9.53 Å². The smallest absolute Gasteiger partial charge is 0.226 e. The van der Waals surface area contributed by atoms with Crippen molar-refractivity contribution >= 4 is 5.91 Å². The second kappa shape index (κ2) is 6.23. The van der Waals surface area contributed by atoms with Crippen LogP contribution in [0.25, 0.3) is 11.5 Å². The van der Waals surface area contributed by atoms with E-state index in [0.29, 0.717) is 37.1 Å². The zero-order valence-electron chi connectivity index (χ0n) is 12.5. The lowest BCUT2D eigenvalue weighted by molar-refractivity contribution is -0.135. The predicted molar refractivity (Wildman–Crippen MR) is 79.6 cm³/mol. The lowest BCUT2D eigenvalue weighted by Gasteiger charge is -2.31. The van der Waals surface area contributed by atoms with Crippen LogP contribution in [0.5, 0.6) is 0 Å². The van der Waals surface area contributed by atoms with Crippen LogP contribution in [0.15, 0.2) is 24.4 Å². The first-order valence-electron chi connectivity index (χ1n) is 7.36. The second-order valence-electron chi connectivity index (χ2n) is 5.68. The first kappa shape index (κ1) is 14.6. The molecule has 7 nitrogen and oxygen atoms in total. The summed E-state index contributed by atoms with van der Waals surface area (Å²) in [6, 6.07) is 5.56. The zero-order valence-corrected chi connectivity index (χ0v) is 12.5. The van der Waals surface area contributed by atoms with Crippen LogP contribution in [0.2, 0.25) is 0 Å². The summed E-state index contributed by atoms with van der Waals surface area (Å²) in [7, 11) is 0. The summed E-state index contributed by atoms with van der Waals surface area (Å²) in [6.45, 7) is 3.58. The number of amides is 1. The van der Waals surface area contributed by atoms with Crippen molar-refractivity contribution in [2.75, 3.05) is 13.2 Å². The molecule has 0 saturated carbocycles. The van der Waals surface area contributed by atoms with Crippen molar-refractivity contribution in [2.45, 2.75) is 26.3 Å². The third-order valence-electron chi connectivity index (χ3n) is 3.99. The van der Waals surface area contributed by atoms with Crippen LogP contribution < -0.4 is 5.32 Å². The summed E-state index contributed by atoms with van der Waals surface area (Å²) in [4.78, 5) is 20.9. The predicted octanol–water partition coefficient (Wildman–Crippen LogP) is 1.30. The van der Waals surface area contributed by atoms with E-state index in [2.05, 4.69) is 25.5 Å². The van der Waals surface area contributed by atoms with E-state index in [9.17, 15) is 4.79 Å². The molecule has 1 aliphatic heterocycles. The number of aromatic nitrogens is 4. The molecule has 1 fully saturated rings. The molecule has 0 spiro atoms. The number of aromatic amines is 1. The van der Waals surface area contributed by atoms with Crippen molar-refractivity contribution in [2.24, 2.45) is 5.41 Å². The molecule has 2 N–H and O–H groups in total. The minimum atomic E-state index is -0.359. The number of nitrogens with one attached hydrogen (secondary N) is 2. The number of carbonyl (C=O) groups excluding carboxylic acids is 1. The molecule has 0 atom stereocenters. The van der Waals surface area contributed by atoms with Gasteiger partial charge >= 0.3 is 0 Å². The van der Waals surface area contributed by atoms with E-state index in [-0.39, 0.29) is 11.3 Å². The van der Waals surface area contributed by atoms with E-state index in [1.54, 1.807) is 6.20 Å². The summed E-state index contributed by atoms with van der Waals surface area (Å²) >= 11 is 0. The number of ether oxygens (including phenoxy) is 1. The average molecular weight is 301 g/mol. The molecule has 0 radical (unpaired) electrons. The Morgan fingerprint density at radius 1 is 1.41 bits per heavy atom. The molecule has 0 aromatic carbocycles. The van der Waals surface area contributed by atoms with E-state index in [1.165, 1.54) is 0 Å². The largest absolute Gasteiger partial charge is 0.381 e. The van der Waals surface area contributed by atoms with Gasteiger partial charge in [0, 0.05) is 19.4 Å². The van der Waals surface area contributed by atoms with Crippen molar-refractivity contribution in [3.05, 3.63) is 30.2 Å². The Labute approximate surface area is 128 Å². The van der Waals surface area contributed by atoms with Gasteiger partial charge in [-0.3, -0.25) is 14.9 Å². The summed E-state index contributed by atoms with van der Waals surface area (Å²) in [5, 5.41) is 9.88. The summed E-state index contributed by atoms with van der Waals surface area (Å²) < 4.78 is 5.31. The Hall–Kier alpha value is -2.28. The zero-order chi connectivity index (χ0) is 15.4. The van der Waals surface area contributed by atoms with Gasteiger partial charge in [-0.15, -0.1) is 0 Å². The molecule has 7 heteroatoms. The van der Waals surface area contributed by atoms with Gasteiger partial charge < -0.3 is 10.1 Å².